The predicted molar refractivity (Wildman–Crippen MR) is 190 cm³/mol. The summed E-state index contributed by atoms with van der Waals surface area (Å²) in [5.41, 5.74) is 3.90. The monoisotopic (exact) mass is 689 g/mol. The number of ether oxygens (including phenoxy) is 2. The van der Waals surface area contributed by atoms with E-state index in [1.165, 1.54) is 11.3 Å². The lowest BCUT2D eigenvalue weighted by molar-refractivity contribution is -0.534. The number of likely N-dealkylation sites (tertiary alicyclic amines) is 1. The van der Waals surface area contributed by atoms with E-state index < -0.39 is 12.1 Å². The zero-order valence-electron chi connectivity index (χ0n) is 28.1. The summed E-state index contributed by atoms with van der Waals surface area (Å²) in [6.07, 6.45) is 9.20. The van der Waals surface area contributed by atoms with Crippen LogP contribution in [-0.2, 0) is 33.7 Å². The number of carbonyl (C=O) groups excluding carboxylic acids is 3. The molecular formula is C37H49N6O5S+. The molecule has 0 aliphatic carbocycles. The number of amides is 4. The van der Waals surface area contributed by atoms with Gasteiger partial charge in [-0.05, 0) is 56.1 Å². The summed E-state index contributed by atoms with van der Waals surface area (Å²) in [5.74, 6) is -0.198. The maximum atomic E-state index is 14.1. The highest BCUT2D eigenvalue weighted by Gasteiger charge is 2.28. The fourth-order valence-electron chi connectivity index (χ4n) is 6.23. The summed E-state index contributed by atoms with van der Waals surface area (Å²) >= 11 is 1.44. The average Bonchev–Trinajstić information content (AvgIpc) is 3.67. The van der Waals surface area contributed by atoms with Crippen molar-refractivity contribution in [3.8, 4) is 0 Å². The van der Waals surface area contributed by atoms with E-state index in [0.29, 0.717) is 65.0 Å². The predicted octanol–water partition coefficient (Wildman–Crippen LogP) is 4.56. The molecule has 0 radical (unpaired) electrons. The van der Waals surface area contributed by atoms with Gasteiger partial charge in [0.15, 0.2) is 12.8 Å². The van der Waals surface area contributed by atoms with Crippen LogP contribution in [0.15, 0.2) is 72.4 Å². The Morgan fingerprint density at radius 3 is 2.16 bits per heavy atom. The van der Waals surface area contributed by atoms with E-state index in [0.717, 1.165) is 41.8 Å². The molecule has 2 aliphatic rings. The van der Waals surface area contributed by atoms with Gasteiger partial charge in [0.1, 0.15) is 32.4 Å². The van der Waals surface area contributed by atoms with E-state index in [2.05, 4.69) is 37.6 Å². The van der Waals surface area contributed by atoms with Gasteiger partial charge in [0.05, 0.1) is 10.4 Å². The highest BCUT2D eigenvalue weighted by atomic mass is 32.1. The van der Waals surface area contributed by atoms with Gasteiger partial charge in [-0.25, -0.2) is 14.2 Å². The van der Waals surface area contributed by atoms with Gasteiger partial charge >= 0.3 is 12.1 Å². The highest BCUT2D eigenvalue weighted by molar-refractivity contribution is 7.09. The van der Waals surface area contributed by atoms with E-state index in [1.54, 1.807) is 11.7 Å². The zero-order valence-corrected chi connectivity index (χ0v) is 29.0. The first-order valence-corrected chi connectivity index (χ1v) is 18.3. The molecule has 0 spiro atoms. The molecule has 3 N–H and O–H groups in total. The van der Waals surface area contributed by atoms with Crippen molar-refractivity contribution in [2.24, 2.45) is 0 Å². The van der Waals surface area contributed by atoms with Gasteiger partial charge in [0.25, 0.3) is 0 Å². The van der Waals surface area contributed by atoms with Gasteiger partial charge in [0, 0.05) is 37.8 Å². The first kappa shape index (κ1) is 36.0. The van der Waals surface area contributed by atoms with Crippen LogP contribution < -0.4 is 16.0 Å². The fraction of sp³-hybridized carbons (Fsp3) is 0.486. The summed E-state index contributed by atoms with van der Waals surface area (Å²) in [7, 11) is 0. The average molecular weight is 690 g/mol. The molecule has 3 aromatic rings. The summed E-state index contributed by atoms with van der Waals surface area (Å²) in [6.45, 7) is 4.16. The topological polar surface area (TPSA) is 125 Å². The molecule has 5 rings (SSSR count). The van der Waals surface area contributed by atoms with E-state index in [-0.39, 0.29) is 30.6 Å². The number of nitrogens with zero attached hydrogens (tertiary/aromatic N) is 3. The number of alkyl carbamates (subject to hydrolysis) is 1. The number of carbonyl (C=O) groups is 3. The van der Waals surface area contributed by atoms with Crippen LogP contribution in [0.3, 0.4) is 0 Å². The Morgan fingerprint density at radius 2 is 1.55 bits per heavy atom. The van der Waals surface area contributed by atoms with Crippen molar-refractivity contribution in [1.82, 2.24) is 25.8 Å². The van der Waals surface area contributed by atoms with Crippen molar-refractivity contribution in [2.45, 2.75) is 76.1 Å². The highest BCUT2D eigenvalue weighted by Crippen LogP contribution is 2.15. The Morgan fingerprint density at radius 1 is 0.878 bits per heavy atom. The van der Waals surface area contributed by atoms with Crippen LogP contribution in [0, 0.1) is 0 Å². The number of nitrogens with one attached hydrogen (secondary N) is 3. The largest absolute Gasteiger partial charge is 0.444 e. The van der Waals surface area contributed by atoms with E-state index in [9.17, 15) is 14.4 Å². The molecule has 3 unspecified atom stereocenters. The van der Waals surface area contributed by atoms with Gasteiger partial charge in [0.2, 0.25) is 5.91 Å². The third-order valence-corrected chi connectivity index (χ3v) is 9.70. The number of rotatable bonds is 16. The Hall–Kier alpha value is -4.29. The Labute approximate surface area is 293 Å². The fourth-order valence-corrected chi connectivity index (χ4v) is 6.73. The Bertz CT molecular complexity index is 1470. The quantitative estimate of drug-likeness (QED) is 0.190. The van der Waals surface area contributed by atoms with E-state index in [4.69, 9.17) is 9.47 Å². The second kappa shape index (κ2) is 19.6. The second-order valence-corrected chi connectivity index (χ2v) is 13.7. The number of urea groups is 1. The molecule has 0 bridgehead atoms. The SMILES string of the molecule is O=C(NC(CCC(Cc1ccccc1)NC(=O)C(CC[N+]1=CCOCC1)NC(=O)N1CCCCC1)Cc1ccccc1)OCc1cncs1. The van der Waals surface area contributed by atoms with Crippen molar-refractivity contribution in [1.29, 1.82) is 0 Å². The van der Waals surface area contributed by atoms with Gasteiger partial charge < -0.3 is 30.3 Å². The third kappa shape index (κ3) is 12.6. The lowest BCUT2D eigenvalue weighted by Gasteiger charge is -2.30. The standard InChI is InChI=1S/C37H48N6O5S/c44-35(34(16-19-42-20-22-47-23-21-42)41-36(45)43-17-8-3-9-18-43)39-31(24-29-10-4-1-5-11-29)14-15-32(25-30-12-6-2-7-13-30)40-37(46)48-27-33-26-38-28-49-33/h1-2,4-7,10-13,20,26,28,31-32,34H,3,8-9,14-19,21-25,27H2,(H2-,39,40,41,44,45,46)/p+1. The zero-order chi connectivity index (χ0) is 34.1. The third-order valence-electron chi connectivity index (χ3n) is 8.95. The number of benzene rings is 2. The van der Waals surface area contributed by atoms with Crippen LogP contribution in [0.4, 0.5) is 9.59 Å². The van der Waals surface area contributed by atoms with E-state index in [1.807, 2.05) is 59.6 Å². The first-order valence-electron chi connectivity index (χ1n) is 17.4. The molecule has 0 saturated carbocycles. The molecule has 262 valence electrons. The molecule has 2 aromatic carbocycles. The van der Waals surface area contributed by atoms with Crippen LogP contribution in [-0.4, -0.2) is 96.2 Å². The Kier molecular flexibility index (Phi) is 14.4. The maximum Gasteiger partial charge on any atom is 0.407 e. The molecule has 1 saturated heterocycles. The minimum atomic E-state index is -0.691. The van der Waals surface area contributed by atoms with Crippen molar-refractivity contribution in [3.63, 3.8) is 0 Å². The maximum absolute atomic E-state index is 14.1. The van der Waals surface area contributed by atoms with Crippen LogP contribution in [0.25, 0.3) is 0 Å². The molecule has 11 nitrogen and oxygen atoms in total. The van der Waals surface area contributed by atoms with Gasteiger partial charge in [-0.1, -0.05) is 60.7 Å². The van der Waals surface area contributed by atoms with Crippen LogP contribution >= 0.6 is 11.3 Å². The second-order valence-electron chi connectivity index (χ2n) is 12.7. The molecule has 49 heavy (non-hydrogen) atoms. The molecule has 3 atom stereocenters. The smallest absolute Gasteiger partial charge is 0.407 e. The van der Waals surface area contributed by atoms with Crippen LogP contribution in [0.5, 0.6) is 0 Å². The molecule has 2 aliphatic heterocycles. The molecule has 1 fully saturated rings. The van der Waals surface area contributed by atoms with Crippen molar-refractivity contribution in [2.75, 3.05) is 39.4 Å². The molecular weight excluding hydrogens is 641 g/mol. The van der Waals surface area contributed by atoms with Gasteiger partial charge in [-0.15, -0.1) is 11.3 Å². The minimum Gasteiger partial charge on any atom is -0.444 e. The number of aromatic nitrogens is 1. The van der Waals surface area contributed by atoms with Crippen molar-refractivity contribution < 1.29 is 28.4 Å². The molecule has 1 aromatic heterocycles. The number of thiazole rings is 1. The van der Waals surface area contributed by atoms with E-state index >= 15 is 0 Å². The summed E-state index contributed by atoms with van der Waals surface area (Å²) < 4.78 is 13.1. The van der Waals surface area contributed by atoms with Crippen LogP contribution in [0.1, 0.15) is 54.5 Å². The van der Waals surface area contributed by atoms with Gasteiger partial charge in [-0.3, -0.25) is 9.78 Å². The summed E-state index contributed by atoms with van der Waals surface area (Å²) in [5, 5.41) is 9.44. The summed E-state index contributed by atoms with van der Waals surface area (Å²) in [6, 6.07) is 18.8. The van der Waals surface area contributed by atoms with Crippen molar-refractivity contribution in [3.05, 3.63) is 88.4 Å². The van der Waals surface area contributed by atoms with Gasteiger partial charge in [-0.2, -0.15) is 0 Å². The lowest BCUT2D eigenvalue weighted by Crippen LogP contribution is -2.54. The first-order chi connectivity index (χ1) is 24.0. The number of piperidine rings is 1. The van der Waals surface area contributed by atoms with Crippen molar-refractivity contribution >= 4 is 35.6 Å². The molecule has 12 heteroatoms. The number of hydrogen-bond donors (Lipinski definition) is 3. The summed E-state index contributed by atoms with van der Waals surface area (Å²) in [4.78, 5) is 47.0. The Balaban J connectivity index is 1.27. The lowest BCUT2D eigenvalue weighted by atomic mass is 9.95. The van der Waals surface area contributed by atoms with Crippen LogP contribution in [0.2, 0.25) is 0 Å². The normalized spacial score (nSPS) is 16.5. The minimum absolute atomic E-state index is 0.161. The number of hydrogen-bond acceptors (Lipinski definition) is 7. The molecule has 3 heterocycles. The molecule has 4 amide bonds.